The summed E-state index contributed by atoms with van der Waals surface area (Å²) in [5.74, 6) is 1.02. The van der Waals surface area contributed by atoms with Crippen molar-refractivity contribution in [2.24, 2.45) is 0 Å². The van der Waals surface area contributed by atoms with E-state index in [0.717, 1.165) is 10.7 Å². The SMILES string of the molecule is CCOCc1nc(-c2nc(C)cs2)no1. The molecule has 0 saturated heterocycles. The van der Waals surface area contributed by atoms with Gasteiger partial charge in [0, 0.05) is 17.7 Å². The van der Waals surface area contributed by atoms with Gasteiger partial charge in [-0.05, 0) is 13.8 Å². The van der Waals surface area contributed by atoms with Crippen LogP contribution in [0.4, 0.5) is 0 Å². The Bertz CT molecular complexity index is 438. The van der Waals surface area contributed by atoms with Gasteiger partial charge in [0.2, 0.25) is 5.82 Å². The second-order valence-electron chi connectivity index (χ2n) is 2.94. The molecule has 0 aliphatic heterocycles. The van der Waals surface area contributed by atoms with E-state index in [1.54, 1.807) is 0 Å². The number of hydrogen-bond acceptors (Lipinski definition) is 6. The highest BCUT2D eigenvalue weighted by molar-refractivity contribution is 7.13. The van der Waals surface area contributed by atoms with E-state index in [1.807, 2.05) is 19.2 Å². The van der Waals surface area contributed by atoms with E-state index in [0.29, 0.717) is 24.9 Å². The van der Waals surface area contributed by atoms with Gasteiger partial charge < -0.3 is 9.26 Å². The summed E-state index contributed by atoms with van der Waals surface area (Å²) < 4.78 is 10.2. The zero-order valence-corrected chi connectivity index (χ0v) is 9.37. The smallest absolute Gasteiger partial charge is 0.253 e. The summed E-state index contributed by atoms with van der Waals surface area (Å²) in [6, 6.07) is 0. The lowest BCUT2D eigenvalue weighted by molar-refractivity contribution is 0.109. The van der Waals surface area contributed by atoms with Gasteiger partial charge >= 0.3 is 0 Å². The van der Waals surface area contributed by atoms with Crippen LogP contribution in [0.2, 0.25) is 0 Å². The molecule has 0 unspecified atom stereocenters. The average Bonchev–Trinajstić information content (AvgIpc) is 2.83. The number of aromatic nitrogens is 3. The van der Waals surface area contributed by atoms with Crippen molar-refractivity contribution in [2.75, 3.05) is 6.61 Å². The Balaban J connectivity index is 2.13. The first-order valence-corrected chi connectivity index (χ1v) is 5.50. The monoisotopic (exact) mass is 225 g/mol. The van der Waals surface area contributed by atoms with E-state index in [4.69, 9.17) is 9.26 Å². The average molecular weight is 225 g/mol. The number of thiazole rings is 1. The molecule has 0 radical (unpaired) electrons. The van der Waals surface area contributed by atoms with Crippen LogP contribution < -0.4 is 0 Å². The molecule has 15 heavy (non-hydrogen) atoms. The molecular weight excluding hydrogens is 214 g/mol. The molecule has 2 rings (SSSR count). The maximum atomic E-state index is 5.16. The first-order valence-electron chi connectivity index (χ1n) is 4.62. The molecule has 0 aromatic carbocycles. The molecule has 2 heterocycles. The number of rotatable bonds is 4. The van der Waals surface area contributed by atoms with E-state index in [9.17, 15) is 0 Å². The fourth-order valence-corrected chi connectivity index (χ4v) is 1.77. The normalized spacial score (nSPS) is 10.8. The maximum absolute atomic E-state index is 5.16. The van der Waals surface area contributed by atoms with Crippen molar-refractivity contribution in [2.45, 2.75) is 20.5 Å². The van der Waals surface area contributed by atoms with Gasteiger partial charge in [-0.1, -0.05) is 5.16 Å². The Hall–Kier alpha value is -1.27. The van der Waals surface area contributed by atoms with Crippen LogP contribution in [0.5, 0.6) is 0 Å². The Morgan fingerprint density at radius 2 is 2.33 bits per heavy atom. The van der Waals surface area contributed by atoms with E-state index >= 15 is 0 Å². The predicted octanol–water partition coefficient (Wildman–Crippen LogP) is 2.04. The topological polar surface area (TPSA) is 61.0 Å². The number of ether oxygens (including phenoxy) is 1. The third kappa shape index (κ3) is 2.40. The molecule has 6 heteroatoms. The van der Waals surface area contributed by atoms with Crippen LogP contribution in [-0.2, 0) is 11.3 Å². The Labute approximate surface area is 91.1 Å². The highest BCUT2D eigenvalue weighted by Crippen LogP contribution is 2.20. The standard InChI is InChI=1S/C9H11N3O2S/c1-3-13-4-7-11-8(12-14-7)9-10-6(2)5-15-9/h5H,3-4H2,1-2H3. The largest absolute Gasteiger partial charge is 0.372 e. The van der Waals surface area contributed by atoms with Crippen molar-refractivity contribution < 1.29 is 9.26 Å². The van der Waals surface area contributed by atoms with E-state index < -0.39 is 0 Å². The third-order valence-electron chi connectivity index (χ3n) is 1.71. The van der Waals surface area contributed by atoms with Gasteiger partial charge in [0.1, 0.15) is 6.61 Å². The molecular formula is C9H11N3O2S. The van der Waals surface area contributed by atoms with E-state index in [-0.39, 0.29) is 0 Å². The molecule has 0 amide bonds. The maximum Gasteiger partial charge on any atom is 0.253 e. The van der Waals surface area contributed by atoms with Gasteiger partial charge in [0.05, 0.1) is 0 Å². The third-order valence-corrected chi connectivity index (χ3v) is 2.66. The van der Waals surface area contributed by atoms with Gasteiger partial charge in [-0.15, -0.1) is 11.3 Å². The minimum atomic E-state index is 0.355. The quantitative estimate of drug-likeness (QED) is 0.796. The first kappa shape index (κ1) is 10.3. The van der Waals surface area contributed by atoms with Crippen LogP contribution in [0, 0.1) is 6.92 Å². The lowest BCUT2D eigenvalue weighted by Gasteiger charge is -1.91. The molecule has 2 aromatic rings. The molecule has 5 nitrogen and oxygen atoms in total. The molecule has 0 fully saturated rings. The second-order valence-corrected chi connectivity index (χ2v) is 3.80. The Morgan fingerprint density at radius 3 is 3.00 bits per heavy atom. The summed E-state index contributed by atoms with van der Waals surface area (Å²) in [6.45, 7) is 4.84. The van der Waals surface area contributed by atoms with Gasteiger partial charge in [-0.2, -0.15) is 4.98 Å². The highest BCUT2D eigenvalue weighted by atomic mass is 32.1. The zero-order valence-electron chi connectivity index (χ0n) is 8.56. The minimum Gasteiger partial charge on any atom is -0.372 e. The summed E-state index contributed by atoms with van der Waals surface area (Å²) in [7, 11) is 0. The minimum absolute atomic E-state index is 0.355. The summed E-state index contributed by atoms with van der Waals surface area (Å²) in [4.78, 5) is 8.44. The molecule has 0 N–H and O–H groups in total. The zero-order chi connectivity index (χ0) is 10.7. The Morgan fingerprint density at radius 1 is 1.47 bits per heavy atom. The van der Waals surface area contributed by atoms with Crippen LogP contribution in [-0.4, -0.2) is 21.7 Å². The van der Waals surface area contributed by atoms with Crippen molar-refractivity contribution >= 4 is 11.3 Å². The highest BCUT2D eigenvalue weighted by Gasteiger charge is 2.11. The van der Waals surface area contributed by atoms with Gasteiger partial charge in [0.15, 0.2) is 5.01 Å². The molecule has 0 bridgehead atoms. The summed E-state index contributed by atoms with van der Waals surface area (Å²) in [5.41, 5.74) is 0.964. The summed E-state index contributed by atoms with van der Waals surface area (Å²) >= 11 is 1.50. The van der Waals surface area contributed by atoms with Crippen molar-refractivity contribution in [3.05, 3.63) is 17.0 Å². The van der Waals surface area contributed by atoms with Gasteiger partial charge in [0.25, 0.3) is 5.89 Å². The number of hydrogen-bond donors (Lipinski definition) is 0. The van der Waals surface area contributed by atoms with Crippen LogP contribution in [0.15, 0.2) is 9.90 Å². The van der Waals surface area contributed by atoms with E-state index in [1.165, 1.54) is 11.3 Å². The lowest BCUT2D eigenvalue weighted by atomic mass is 10.5. The molecule has 0 aliphatic rings. The number of nitrogens with zero attached hydrogens (tertiary/aromatic N) is 3. The number of aryl methyl sites for hydroxylation is 1. The lowest BCUT2D eigenvalue weighted by Crippen LogP contribution is -1.91. The fraction of sp³-hybridized carbons (Fsp3) is 0.444. The molecule has 0 aliphatic carbocycles. The molecule has 2 aromatic heterocycles. The summed E-state index contributed by atoms with van der Waals surface area (Å²) in [5, 5.41) is 6.56. The van der Waals surface area contributed by atoms with Crippen molar-refractivity contribution in [3.63, 3.8) is 0 Å². The molecule has 0 spiro atoms. The Kier molecular flexibility index (Phi) is 3.08. The van der Waals surface area contributed by atoms with Crippen molar-refractivity contribution in [1.29, 1.82) is 0 Å². The summed E-state index contributed by atoms with van der Waals surface area (Å²) in [6.07, 6.45) is 0. The van der Waals surface area contributed by atoms with Crippen LogP contribution >= 0.6 is 11.3 Å². The second kappa shape index (κ2) is 4.50. The van der Waals surface area contributed by atoms with Crippen molar-refractivity contribution in [1.82, 2.24) is 15.1 Å². The molecule has 80 valence electrons. The first-order chi connectivity index (χ1) is 7.29. The van der Waals surface area contributed by atoms with Crippen LogP contribution in [0.1, 0.15) is 18.5 Å². The molecule has 0 saturated carbocycles. The molecule has 0 atom stereocenters. The van der Waals surface area contributed by atoms with Crippen molar-refractivity contribution in [3.8, 4) is 10.8 Å². The fourth-order valence-electron chi connectivity index (χ4n) is 1.05. The van der Waals surface area contributed by atoms with Crippen LogP contribution in [0.25, 0.3) is 10.8 Å². The van der Waals surface area contributed by atoms with E-state index in [2.05, 4.69) is 15.1 Å². The van der Waals surface area contributed by atoms with Crippen LogP contribution in [0.3, 0.4) is 0 Å². The van der Waals surface area contributed by atoms with Gasteiger partial charge in [-0.3, -0.25) is 0 Å². The van der Waals surface area contributed by atoms with Gasteiger partial charge in [-0.25, -0.2) is 4.98 Å². The predicted molar refractivity (Wildman–Crippen MR) is 55.5 cm³/mol.